The van der Waals surface area contributed by atoms with Gasteiger partial charge in [-0.3, -0.25) is 8.63 Å². The van der Waals surface area contributed by atoms with Crippen molar-refractivity contribution in [2.45, 2.75) is 78.1 Å². The van der Waals surface area contributed by atoms with Crippen molar-refractivity contribution in [2.75, 3.05) is 0 Å². The van der Waals surface area contributed by atoms with Crippen molar-refractivity contribution in [2.24, 2.45) is 4.99 Å². The predicted molar refractivity (Wildman–Crippen MR) is 239 cm³/mol. The third-order valence-corrected chi connectivity index (χ3v) is 13.2. The summed E-state index contributed by atoms with van der Waals surface area (Å²) in [5.41, 5.74) is 8.44. The van der Waals surface area contributed by atoms with Crippen molar-refractivity contribution in [3.8, 4) is 32.1 Å². The van der Waals surface area contributed by atoms with Gasteiger partial charge in [-0.25, -0.2) is 4.99 Å². The van der Waals surface area contributed by atoms with Gasteiger partial charge in [0.1, 0.15) is 0 Å². The number of aromatic nitrogens is 1. The Bertz CT molecular complexity index is 2490. The molecule has 0 atom stereocenters. The molecule has 0 unspecified atom stereocenters. The molecule has 282 valence electrons. The molecule has 56 heavy (non-hydrogen) atoms. The minimum atomic E-state index is -2.76. The molecular formula is C49H47BF2N2S2. The lowest BCUT2D eigenvalue weighted by molar-refractivity contribution is 0.631. The topological polar surface area (TPSA) is 17.3 Å². The molecule has 0 saturated heterocycles. The quantitative estimate of drug-likeness (QED) is 0.0687. The van der Waals surface area contributed by atoms with E-state index in [-0.39, 0.29) is 0 Å². The normalized spacial score (nSPS) is 13.1. The van der Waals surface area contributed by atoms with E-state index in [1.54, 1.807) is 0 Å². The zero-order valence-corrected chi connectivity index (χ0v) is 33.9. The number of aliphatic imine (C=N–C) groups is 1. The number of benzene rings is 4. The maximum atomic E-state index is 15.6. The van der Waals surface area contributed by atoms with Gasteiger partial charge in [0, 0.05) is 58.4 Å². The van der Waals surface area contributed by atoms with Crippen LogP contribution in [0.5, 0.6) is 0 Å². The number of hydrogen-bond acceptors (Lipinski definition) is 3. The van der Waals surface area contributed by atoms with Crippen molar-refractivity contribution >= 4 is 58.3 Å². The molecule has 1 aliphatic rings. The zero-order chi connectivity index (χ0) is 38.4. The van der Waals surface area contributed by atoms with Crippen molar-refractivity contribution in [1.29, 1.82) is 0 Å². The standard InChI is InChI=1S/C49H47BF2N2S2/c1-3-5-7-15-21-38-25-29-46(55-38)36-23-27-40-42(31-36)48(34-17-11-9-12-18-34)53-44(40)33-45-41-28-24-37(47-30-26-39(56-47)22-16-8-6-4-2)32-43(41)49(54(45)50(51)52)35-19-13-10-14-20-35/h9-14,17-20,23-33H,3-8,15-16,21-22H2,1-2H3. The van der Waals surface area contributed by atoms with Crippen LogP contribution in [-0.4, -0.2) is 17.6 Å². The van der Waals surface area contributed by atoms with Gasteiger partial charge in [-0.15, -0.1) is 22.7 Å². The number of rotatable bonds is 16. The molecule has 0 fully saturated rings. The molecule has 0 saturated carbocycles. The molecule has 0 amide bonds. The van der Waals surface area contributed by atoms with Gasteiger partial charge in [0.05, 0.1) is 11.4 Å². The third kappa shape index (κ3) is 8.03. The summed E-state index contributed by atoms with van der Waals surface area (Å²) in [6, 6.07) is 41.5. The van der Waals surface area contributed by atoms with E-state index in [0.717, 1.165) is 67.6 Å². The average molecular weight is 777 g/mol. The van der Waals surface area contributed by atoms with E-state index in [1.807, 2.05) is 83.3 Å². The van der Waals surface area contributed by atoms with Gasteiger partial charge in [0.25, 0.3) is 0 Å². The Balaban J connectivity index is 1.23. The Morgan fingerprint density at radius 2 is 1.16 bits per heavy atom. The Morgan fingerprint density at radius 1 is 0.571 bits per heavy atom. The zero-order valence-electron chi connectivity index (χ0n) is 32.2. The molecule has 0 aliphatic carbocycles. The van der Waals surface area contributed by atoms with E-state index in [9.17, 15) is 0 Å². The van der Waals surface area contributed by atoms with Gasteiger partial charge in [-0.05, 0) is 84.8 Å². The Hall–Kier alpha value is -4.85. The van der Waals surface area contributed by atoms with Crippen LogP contribution in [0.25, 0.3) is 54.7 Å². The van der Waals surface area contributed by atoms with E-state index in [0.29, 0.717) is 17.1 Å². The number of aryl methyl sites for hydroxylation is 2. The van der Waals surface area contributed by atoms with E-state index in [2.05, 4.69) is 80.6 Å². The second-order valence-corrected chi connectivity index (χ2v) is 17.1. The highest BCUT2D eigenvalue weighted by Gasteiger charge is 2.30. The lowest BCUT2D eigenvalue weighted by Gasteiger charge is -2.10. The third-order valence-electron chi connectivity index (χ3n) is 10.8. The summed E-state index contributed by atoms with van der Waals surface area (Å²) in [7, 11) is -2.76. The van der Waals surface area contributed by atoms with Crippen molar-refractivity contribution in [3.05, 3.63) is 153 Å². The average Bonchev–Trinajstić information content (AvgIpc) is 4.04. The molecule has 0 N–H and O–H groups in total. The smallest absolute Gasteiger partial charge is 0.324 e. The Kier molecular flexibility index (Phi) is 11.9. The van der Waals surface area contributed by atoms with Crippen molar-refractivity contribution in [3.63, 3.8) is 0 Å². The lowest BCUT2D eigenvalue weighted by Crippen LogP contribution is -2.16. The summed E-state index contributed by atoms with van der Waals surface area (Å²) < 4.78 is 32.4. The summed E-state index contributed by atoms with van der Waals surface area (Å²) in [4.78, 5) is 10.4. The first-order chi connectivity index (χ1) is 27.5. The van der Waals surface area contributed by atoms with Gasteiger partial charge in [-0.1, -0.05) is 137 Å². The molecular weight excluding hydrogens is 729 g/mol. The van der Waals surface area contributed by atoms with Crippen molar-refractivity contribution < 1.29 is 8.63 Å². The molecule has 0 radical (unpaired) electrons. The summed E-state index contributed by atoms with van der Waals surface area (Å²) in [6.07, 6.45) is 14.0. The largest absolute Gasteiger partial charge is 0.678 e. The Morgan fingerprint density at radius 3 is 1.77 bits per heavy atom. The van der Waals surface area contributed by atoms with Crippen LogP contribution in [0.4, 0.5) is 8.63 Å². The number of unbranched alkanes of at least 4 members (excludes halogenated alkanes) is 6. The fourth-order valence-corrected chi connectivity index (χ4v) is 10.0. The minimum absolute atomic E-state index is 0.456. The van der Waals surface area contributed by atoms with Crippen LogP contribution in [0, 0.1) is 0 Å². The highest BCUT2D eigenvalue weighted by atomic mass is 32.1. The second-order valence-electron chi connectivity index (χ2n) is 14.8. The number of hydrogen-bond donors (Lipinski definition) is 0. The summed E-state index contributed by atoms with van der Waals surface area (Å²) in [5, 5.41) is 1.59. The molecule has 2 nitrogen and oxygen atoms in total. The fourth-order valence-electron chi connectivity index (χ4n) is 7.94. The van der Waals surface area contributed by atoms with Crippen LogP contribution in [-0.2, 0) is 12.8 Å². The van der Waals surface area contributed by atoms with Gasteiger partial charge >= 0.3 is 7.40 Å². The number of fused-ring (bicyclic) bond motifs is 2. The van der Waals surface area contributed by atoms with Gasteiger partial charge in [0.2, 0.25) is 0 Å². The summed E-state index contributed by atoms with van der Waals surface area (Å²) in [6.45, 7) is 4.48. The van der Waals surface area contributed by atoms with Crippen molar-refractivity contribution in [1.82, 2.24) is 4.48 Å². The van der Waals surface area contributed by atoms with Gasteiger partial charge in [0.15, 0.2) is 0 Å². The van der Waals surface area contributed by atoms with Crippen LogP contribution < -0.4 is 0 Å². The highest BCUT2D eigenvalue weighted by Crippen LogP contribution is 2.43. The van der Waals surface area contributed by atoms with Crippen LogP contribution >= 0.6 is 22.7 Å². The van der Waals surface area contributed by atoms with Gasteiger partial charge < -0.3 is 4.48 Å². The molecule has 1 aliphatic heterocycles. The van der Waals surface area contributed by atoms with Crippen LogP contribution in [0.15, 0.2) is 126 Å². The second kappa shape index (κ2) is 17.5. The van der Waals surface area contributed by atoms with Crippen LogP contribution in [0.3, 0.4) is 0 Å². The minimum Gasteiger partial charge on any atom is -0.324 e. The molecule has 0 bridgehead atoms. The van der Waals surface area contributed by atoms with E-state index < -0.39 is 7.40 Å². The molecule has 4 aromatic carbocycles. The maximum absolute atomic E-state index is 15.6. The first kappa shape index (κ1) is 38.0. The van der Waals surface area contributed by atoms with Gasteiger partial charge in [-0.2, -0.15) is 0 Å². The number of halogens is 2. The first-order valence-corrected chi connectivity index (χ1v) is 21.9. The van der Waals surface area contributed by atoms with E-state index in [1.165, 1.54) is 70.5 Å². The number of thiophene rings is 2. The SMILES string of the molecule is CCCCCCc1ccc(-c2ccc3c(c2)C(c2ccccc2)=NC3=Cc2c3ccc(-c4ccc(CCCCCC)s4)cc3c(-c3ccccc3)n2B(F)F)s1. The first-order valence-electron chi connectivity index (χ1n) is 20.2. The van der Waals surface area contributed by atoms with Crippen LogP contribution in [0.1, 0.15) is 97.4 Å². The molecule has 4 heterocycles. The molecule has 7 aromatic rings. The van der Waals surface area contributed by atoms with E-state index in [4.69, 9.17) is 4.99 Å². The molecule has 3 aromatic heterocycles. The summed E-state index contributed by atoms with van der Waals surface area (Å²) >= 11 is 3.67. The molecule has 7 heteroatoms. The molecule has 0 spiro atoms. The molecule has 8 rings (SSSR count). The lowest BCUT2D eigenvalue weighted by atomic mass is 9.96. The fraction of sp³-hybridized carbons (Fsp3) is 0.245. The van der Waals surface area contributed by atoms with Crippen LogP contribution in [0.2, 0.25) is 0 Å². The maximum Gasteiger partial charge on any atom is 0.678 e. The summed E-state index contributed by atoms with van der Waals surface area (Å²) in [5.74, 6) is 0. The highest BCUT2D eigenvalue weighted by molar-refractivity contribution is 7.15. The Labute approximate surface area is 338 Å². The number of nitrogens with zero attached hydrogens (tertiary/aromatic N) is 2. The monoisotopic (exact) mass is 776 g/mol. The van der Waals surface area contributed by atoms with E-state index >= 15 is 8.63 Å². The predicted octanol–water partition coefficient (Wildman–Crippen LogP) is 15.1.